The summed E-state index contributed by atoms with van der Waals surface area (Å²) < 4.78 is 17.3. The summed E-state index contributed by atoms with van der Waals surface area (Å²) in [6, 6.07) is -0.629. The summed E-state index contributed by atoms with van der Waals surface area (Å²) in [7, 11) is 5.50. The second-order valence-electron chi connectivity index (χ2n) is 16.7. The Balaban J connectivity index is 4.35. The maximum atomic E-state index is 12.7. The number of hydrogen-bond donors (Lipinski definition) is 1. The number of carbonyl (C=O) groups excluding carboxylic acids is 2. The van der Waals surface area contributed by atoms with Crippen molar-refractivity contribution >= 4 is 17.9 Å². The molecule has 0 aromatic carbocycles. The molecule has 8 nitrogen and oxygen atoms in total. The third-order valence-corrected chi connectivity index (χ3v) is 10.1. The number of quaternary nitrogens is 1. The van der Waals surface area contributed by atoms with Crippen molar-refractivity contribution in [1.82, 2.24) is 0 Å². The number of hydrogen-bond acceptors (Lipinski definition) is 6. The molecule has 0 fully saturated rings. The van der Waals surface area contributed by atoms with Crippen LogP contribution in [0.2, 0.25) is 0 Å². The van der Waals surface area contributed by atoms with Gasteiger partial charge in [0.05, 0.1) is 34.4 Å². The lowest BCUT2D eigenvalue weighted by molar-refractivity contribution is -0.887. The number of esters is 2. The zero-order chi connectivity index (χ0) is 44.9. The summed E-state index contributed by atoms with van der Waals surface area (Å²) in [6.07, 6.45) is 57.4. The molecule has 2 atom stereocenters. The first kappa shape index (κ1) is 57.2. The lowest BCUT2D eigenvalue weighted by Crippen LogP contribution is -2.50. The summed E-state index contributed by atoms with van der Waals surface area (Å²) in [5.41, 5.74) is 0. The Bertz CT molecular complexity index is 1310. The highest BCUT2D eigenvalue weighted by atomic mass is 16.6. The third kappa shape index (κ3) is 41.4. The van der Waals surface area contributed by atoms with Crippen molar-refractivity contribution in [2.24, 2.45) is 0 Å². The maximum absolute atomic E-state index is 12.7. The molecule has 0 heterocycles. The fourth-order valence-electron chi connectivity index (χ4n) is 6.41. The van der Waals surface area contributed by atoms with Crippen LogP contribution in [0.3, 0.4) is 0 Å². The zero-order valence-electron chi connectivity index (χ0n) is 39.3. The van der Waals surface area contributed by atoms with Crippen LogP contribution in [0.4, 0.5) is 0 Å². The SMILES string of the molecule is CC/C=C/C=C/C=C/C=C/C=C/CCCCCC(=O)OC(COCCC(C(=O)O)[N+](C)(C)C)COC(=O)CCCCCCCCCCC/C=C/C/C=C/C/C=C/CCCCC. The van der Waals surface area contributed by atoms with Crippen LogP contribution in [0.1, 0.15) is 168 Å². The summed E-state index contributed by atoms with van der Waals surface area (Å²) in [5.74, 6) is -1.54. The first-order valence-corrected chi connectivity index (χ1v) is 23.8. The van der Waals surface area contributed by atoms with Gasteiger partial charge >= 0.3 is 17.9 Å². The third-order valence-electron chi connectivity index (χ3n) is 10.1. The first-order valence-electron chi connectivity index (χ1n) is 23.8. The van der Waals surface area contributed by atoms with Crippen LogP contribution in [-0.2, 0) is 28.6 Å². The molecule has 0 radical (unpaired) electrons. The molecule has 2 unspecified atom stereocenters. The van der Waals surface area contributed by atoms with E-state index >= 15 is 0 Å². The normalized spacial score (nSPS) is 13.8. The number of nitrogens with zero attached hydrogens (tertiary/aromatic N) is 1. The highest BCUT2D eigenvalue weighted by Gasteiger charge is 2.31. The van der Waals surface area contributed by atoms with Crippen LogP contribution in [0, 0.1) is 0 Å². The van der Waals surface area contributed by atoms with Gasteiger partial charge in [-0.1, -0.05) is 175 Å². The molecule has 0 aliphatic heterocycles. The van der Waals surface area contributed by atoms with Gasteiger partial charge in [-0.25, -0.2) is 4.79 Å². The van der Waals surface area contributed by atoms with E-state index in [1.54, 1.807) is 0 Å². The Labute approximate surface area is 373 Å². The molecule has 0 rings (SSSR count). The highest BCUT2D eigenvalue weighted by molar-refractivity contribution is 5.72. The lowest BCUT2D eigenvalue weighted by atomic mass is 10.1. The van der Waals surface area contributed by atoms with E-state index in [1.807, 2.05) is 69.8 Å². The number of carboxylic acid groups (broad SMARTS) is 1. The molecule has 346 valence electrons. The van der Waals surface area contributed by atoms with E-state index in [1.165, 1.54) is 64.2 Å². The average Bonchev–Trinajstić information content (AvgIpc) is 3.22. The second kappa shape index (κ2) is 42.9. The molecule has 61 heavy (non-hydrogen) atoms. The van der Waals surface area contributed by atoms with E-state index in [9.17, 15) is 19.5 Å². The molecular formula is C53H88NO7+. The average molecular weight is 851 g/mol. The molecule has 8 heteroatoms. The van der Waals surface area contributed by atoms with Gasteiger partial charge in [0.2, 0.25) is 0 Å². The summed E-state index contributed by atoms with van der Waals surface area (Å²) in [6.45, 7) is 4.50. The van der Waals surface area contributed by atoms with Gasteiger partial charge in [-0.05, 0) is 70.6 Å². The van der Waals surface area contributed by atoms with E-state index in [0.717, 1.165) is 64.2 Å². The Kier molecular flexibility index (Phi) is 40.3. The summed E-state index contributed by atoms with van der Waals surface area (Å²) in [4.78, 5) is 37.1. The van der Waals surface area contributed by atoms with Crippen molar-refractivity contribution in [3.63, 3.8) is 0 Å². The minimum atomic E-state index is -0.887. The fourth-order valence-corrected chi connectivity index (χ4v) is 6.41. The van der Waals surface area contributed by atoms with Gasteiger partial charge in [-0.2, -0.15) is 0 Å². The predicted octanol–water partition coefficient (Wildman–Crippen LogP) is 13.5. The highest BCUT2D eigenvalue weighted by Crippen LogP contribution is 2.14. The number of carboxylic acids is 1. The lowest BCUT2D eigenvalue weighted by Gasteiger charge is -2.31. The van der Waals surface area contributed by atoms with Crippen LogP contribution in [0.15, 0.2) is 97.2 Å². The van der Waals surface area contributed by atoms with Gasteiger partial charge in [-0.15, -0.1) is 0 Å². The molecule has 0 spiro atoms. The summed E-state index contributed by atoms with van der Waals surface area (Å²) in [5, 5.41) is 9.63. The molecule has 0 saturated carbocycles. The van der Waals surface area contributed by atoms with Crippen molar-refractivity contribution < 1.29 is 38.2 Å². The number of likely N-dealkylation sites (N-methyl/N-ethyl adjacent to an activating group) is 1. The van der Waals surface area contributed by atoms with Gasteiger partial charge in [0.15, 0.2) is 12.1 Å². The van der Waals surface area contributed by atoms with Gasteiger partial charge in [0, 0.05) is 19.3 Å². The van der Waals surface area contributed by atoms with Crippen molar-refractivity contribution in [1.29, 1.82) is 0 Å². The number of ether oxygens (including phenoxy) is 3. The zero-order valence-corrected chi connectivity index (χ0v) is 39.3. The number of unbranched alkanes of at least 4 members (excludes halogenated alkanes) is 15. The Hall–Kier alpha value is -3.75. The molecule has 0 amide bonds. The first-order chi connectivity index (χ1) is 29.6. The fraction of sp³-hybridized carbons (Fsp3) is 0.642. The van der Waals surface area contributed by atoms with Crippen LogP contribution < -0.4 is 0 Å². The Morgan fingerprint density at radius 3 is 1.52 bits per heavy atom. The van der Waals surface area contributed by atoms with Crippen LogP contribution in [0.25, 0.3) is 0 Å². The topological polar surface area (TPSA) is 99.1 Å². The van der Waals surface area contributed by atoms with Gasteiger partial charge in [0.25, 0.3) is 0 Å². The molecule has 0 saturated heterocycles. The molecule has 0 bridgehead atoms. The van der Waals surface area contributed by atoms with Crippen LogP contribution in [-0.4, -0.2) is 80.6 Å². The summed E-state index contributed by atoms with van der Waals surface area (Å²) >= 11 is 0. The molecular weight excluding hydrogens is 763 g/mol. The van der Waals surface area contributed by atoms with Gasteiger partial charge in [0.1, 0.15) is 6.61 Å². The standard InChI is InChI=1S/C53H87NO7/c1-6-8-10-12-14-16-18-20-22-23-24-25-26-27-28-30-31-33-35-37-39-41-43-51(55)60-48-49(47-59-46-45-50(53(57)58)54(3,4)5)61-52(56)44-42-40-38-36-34-32-29-21-19-17-15-13-11-9-7-2/h9,11,13-17,19-22,24-25,29,32,34,49-50H,6-8,10,12,18,23,26-28,30-31,33,35-48H2,1-5H3/p+1/b11-9+,15-13+,16-14+,19-17+,22-20+,25-24+,29-21+,34-32+. The van der Waals surface area contributed by atoms with E-state index < -0.39 is 18.1 Å². The second-order valence-corrected chi connectivity index (χ2v) is 16.7. The molecule has 0 aliphatic rings. The number of aliphatic carboxylic acids is 1. The van der Waals surface area contributed by atoms with Crippen molar-refractivity contribution in [3.8, 4) is 0 Å². The largest absolute Gasteiger partial charge is 0.477 e. The molecule has 1 N–H and O–H groups in total. The number of allylic oxidation sites excluding steroid dienone is 16. The van der Waals surface area contributed by atoms with Crippen LogP contribution in [0.5, 0.6) is 0 Å². The van der Waals surface area contributed by atoms with E-state index in [2.05, 4.69) is 62.5 Å². The smallest absolute Gasteiger partial charge is 0.362 e. The minimum absolute atomic E-state index is 0.0358. The molecule has 0 aromatic rings. The van der Waals surface area contributed by atoms with E-state index in [4.69, 9.17) is 14.2 Å². The Morgan fingerprint density at radius 1 is 0.525 bits per heavy atom. The minimum Gasteiger partial charge on any atom is -0.477 e. The number of carbonyl (C=O) groups is 3. The van der Waals surface area contributed by atoms with Crippen LogP contribution >= 0.6 is 0 Å². The maximum Gasteiger partial charge on any atom is 0.362 e. The Morgan fingerprint density at radius 2 is 0.984 bits per heavy atom. The van der Waals surface area contributed by atoms with E-state index in [-0.39, 0.29) is 42.7 Å². The van der Waals surface area contributed by atoms with E-state index in [0.29, 0.717) is 19.3 Å². The van der Waals surface area contributed by atoms with Crippen molar-refractivity contribution in [2.45, 2.75) is 180 Å². The van der Waals surface area contributed by atoms with Gasteiger partial charge < -0.3 is 23.8 Å². The number of rotatable bonds is 41. The van der Waals surface area contributed by atoms with Crippen molar-refractivity contribution in [2.75, 3.05) is 41.0 Å². The monoisotopic (exact) mass is 851 g/mol. The van der Waals surface area contributed by atoms with Gasteiger partial charge in [-0.3, -0.25) is 9.59 Å². The predicted molar refractivity (Wildman–Crippen MR) is 256 cm³/mol. The quantitative estimate of drug-likeness (QED) is 0.0215. The van der Waals surface area contributed by atoms with Crippen molar-refractivity contribution in [3.05, 3.63) is 97.2 Å². The molecule has 0 aromatic heterocycles. The molecule has 0 aliphatic carbocycles.